The summed E-state index contributed by atoms with van der Waals surface area (Å²) in [5.41, 5.74) is 2.61. The summed E-state index contributed by atoms with van der Waals surface area (Å²) in [7, 11) is 0. The summed E-state index contributed by atoms with van der Waals surface area (Å²) < 4.78 is 67.3. The van der Waals surface area contributed by atoms with Gasteiger partial charge in [0.15, 0.2) is 0 Å². The van der Waals surface area contributed by atoms with E-state index in [1.807, 2.05) is 0 Å². The lowest BCUT2D eigenvalue weighted by atomic mass is 9.93. The molecule has 7 nitrogen and oxygen atoms in total. The number of para-hydroxylation sites is 1. The number of alkyl halides is 5. The van der Waals surface area contributed by atoms with Crippen LogP contribution in [0.3, 0.4) is 0 Å². The first-order valence-electron chi connectivity index (χ1n) is 9.45. The number of hydrogen-bond acceptors (Lipinski definition) is 4. The van der Waals surface area contributed by atoms with Gasteiger partial charge in [0.05, 0.1) is 6.54 Å². The Balaban J connectivity index is 2.24. The van der Waals surface area contributed by atoms with Crippen molar-refractivity contribution in [2.45, 2.75) is 30.7 Å². The van der Waals surface area contributed by atoms with Crippen molar-refractivity contribution in [2.75, 3.05) is 11.9 Å². The highest BCUT2D eigenvalue weighted by atomic mass is 19.4. The standard InChI is InChI=1S/C21H18F5N3O4/c1-19(33,17(27)31)18(32)29(10-20(22,23)21(24,25)26)15-13-8-3-2-6-11(13)12-7-4-5-9-14(12)28-16(15)30/h2-9,15,33H,10H2,1H3,(H2,27,31)(H,28,30)/t15-,19-/m0/s1. The quantitative estimate of drug-likeness (QED) is 0.460. The van der Waals surface area contributed by atoms with Crippen molar-refractivity contribution < 1.29 is 41.4 Å². The molecule has 2 aromatic carbocycles. The van der Waals surface area contributed by atoms with E-state index in [0.29, 0.717) is 12.5 Å². The molecular formula is C21H18F5N3O4. The molecule has 0 radical (unpaired) electrons. The van der Waals surface area contributed by atoms with Gasteiger partial charge in [0.2, 0.25) is 5.60 Å². The molecule has 2 aromatic rings. The minimum atomic E-state index is -6.09. The number of benzene rings is 2. The summed E-state index contributed by atoms with van der Waals surface area (Å²) >= 11 is 0. The molecule has 0 aliphatic carbocycles. The number of primary amides is 1. The highest BCUT2D eigenvalue weighted by molar-refractivity contribution is 6.10. The number of rotatable bonds is 5. The predicted octanol–water partition coefficient (Wildman–Crippen LogP) is 2.61. The van der Waals surface area contributed by atoms with E-state index in [2.05, 4.69) is 5.32 Å². The Morgan fingerprint density at radius 1 is 1.03 bits per heavy atom. The number of anilines is 1. The van der Waals surface area contributed by atoms with Crippen molar-refractivity contribution in [3.8, 4) is 11.1 Å². The molecule has 12 heteroatoms. The predicted molar refractivity (Wildman–Crippen MR) is 106 cm³/mol. The molecule has 1 heterocycles. The van der Waals surface area contributed by atoms with Crippen LogP contribution in [0.4, 0.5) is 27.6 Å². The third-order valence-electron chi connectivity index (χ3n) is 5.23. The van der Waals surface area contributed by atoms with E-state index in [9.17, 15) is 41.4 Å². The van der Waals surface area contributed by atoms with E-state index in [-0.39, 0.29) is 21.7 Å². The Labute approximate surface area is 184 Å². The summed E-state index contributed by atoms with van der Waals surface area (Å²) in [5, 5.41) is 12.6. The zero-order valence-electron chi connectivity index (χ0n) is 17.0. The van der Waals surface area contributed by atoms with Gasteiger partial charge in [-0.1, -0.05) is 42.5 Å². The number of carbonyl (C=O) groups excluding carboxylic acids is 3. The minimum absolute atomic E-state index is 0.0912. The molecule has 4 N–H and O–H groups in total. The van der Waals surface area contributed by atoms with Gasteiger partial charge >= 0.3 is 12.1 Å². The van der Waals surface area contributed by atoms with Crippen molar-refractivity contribution >= 4 is 23.4 Å². The van der Waals surface area contributed by atoms with Gasteiger partial charge in [-0.3, -0.25) is 14.4 Å². The lowest BCUT2D eigenvalue weighted by Crippen LogP contribution is -2.60. The molecule has 3 amide bonds. The van der Waals surface area contributed by atoms with E-state index >= 15 is 0 Å². The van der Waals surface area contributed by atoms with E-state index in [1.54, 1.807) is 24.3 Å². The van der Waals surface area contributed by atoms with E-state index < -0.39 is 48.0 Å². The monoisotopic (exact) mass is 471 g/mol. The van der Waals surface area contributed by atoms with Crippen LogP contribution in [0.15, 0.2) is 48.5 Å². The molecule has 0 fully saturated rings. The Morgan fingerprint density at radius 3 is 2.15 bits per heavy atom. The number of nitrogens with one attached hydrogen (secondary N) is 1. The normalized spacial score (nSPS) is 17.7. The first-order chi connectivity index (χ1) is 15.2. The Morgan fingerprint density at radius 2 is 1.58 bits per heavy atom. The zero-order valence-corrected chi connectivity index (χ0v) is 17.0. The van der Waals surface area contributed by atoms with Crippen LogP contribution in [0.1, 0.15) is 18.5 Å². The van der Waals surface area contributed by atoms with Crippen molar-refractivity contribution in [2.24, 2.45) is 5.73 Å². The van der Waals surface area contributed by atoms with Crippen molar-refractivity contribution in [3.05, 3.63) is 54.1 Å². The van der Waals surface area contributed by atoms with Crippen molar-refractivity contribution in [1.82, 2.24) is 4.90 Å². The summed E-state index contributed by atoms with van der Waals surface area (Å²) in [4.78, 5) is 37.5. The number of carbonyl (C=O) groups is 3. The van der Waals surface area contributed by atoms with Crippen LogP contribution in [-0.2, 0) is 14.4 Å². The lowest BCUT2D eigenvalue weighted by Gasteiger charge is -2.37. The Hall–Kier alpha value is -3.54. The first-order valence-corrected chi connectivity index (χ1v) is 9.45. The molecule has 2 atom stereocenters. The molecule has 1 aliphatic rings. The number of hydrogen-bond donors (Lipinski definition) is 3. The molecule has 1 aliphatic heterocycles. The van der Waals surface area contributed by atoms with Crippen LogP contribution < -0.4 is 11.1 Å². The van der Waals surface area contributed by atoms with Crippen LogP contribution in [0.5, 0.6) is 0 Å². The molecule has 176 valence electrons. The maximum Gasteiger partial charge on any atom is 0.455 e. The largest absolute Gasteiger partial charge is 0.455 e. The SMILES string of the molecule is C[C@](O)(C(N)=O)C(=O)N(CC(F)(F)C(F)(F)F)[C@@H]1C(=O)Nc2ccccc2-c2ccccc21. The van der Waals surface area contributed by atoms with E-state index in [0.717, 1.165) is 0 Å². The fraction of sp³-hybridized carbons (Fsp3) is 0.286. The van der Waals surface area contributed by atoms with Gasteiger partial charge in [-0.15, -0.1) is 0 Å². The van der Waals surface area contributed by atoms with E-state index in [4.69, 9.17) is 5.73 Å². The van der Waals surface area contributed by atoms with Gasteiger partial charge in [0.1, 0.15) is 6.04 Å². The molecule has 0 unspecified atom stereocenters. The van der Waals surface area contributed by atoms with Crippen LogP contribution >= 0.6 is 0 Å². The lowest BCUT2D eigenvalue weighted by molar-refractivity contribution is -0.287. The number of aliphatic hydroxyl groups is 1. The smallest absolute Gasteiger partial charge is 0.372 e. The van der Waals surface area contributed by atoms with Crippen LogP contribution in [0.25, 0.3) is 11.1 Å². The molecule has 0 spiro atoms. The number of halogens is 5. The third kappa shape index (κ3) is 4.25. The van der Waals surface area contributed by atoms with Crippen LogP contribution in [-0.4, -0.2) is 52.0 Å². The molecule has 3 rings (SSSR count). The van der Waals surface area contributed by atoms with Crippen LogP contribution in [0.2, 0.25) is 0 Å². The molecular weight excluding hydrogens is 453 g/mol. The minimum Gasteiger partial charge on any atom is -0.372 e. The molecule has 33 heavy (non-hydrogen) atoms. The second-order valence-corrected chi connectivity index (χ2v) is 7.60. The highest BCUT2D eigenvalue weighted by Gasteiger charge is 2.60. The van der Waals surface area contributed by atoms with Crippen molar-refractivity contribution in [3.63, 3.8) is 0 Å². The second-order valence-electron chi connectivity index (χ2n) is 7.60. The van der Waals surface area contributed by atoms with Crippen LogP contribution in [0, 0.1) is 0 Å². The van der Waals surface area contributed by atoms with Crippen molar-refractivity contribution in [1.29, 1.82) is 0 Å². The Bertz CT molecular complexity index is 1120. The average Bonchev–Trinajstić information content (AvgIpc) is 2.84. The number of nitrogens with two attached hydrogens (primary N) is 1. The maximum atomic E-state index is 14.1. The molecule has 0 saturated carbocycles. The summed E-state index contributed by atoms with van der Waals surface area (Å²) in [6.45, 7) is -1.80. The van der Waals surface area contributed by atoms with Gasteiger partial charge in [0, 0.05) is 11.3 Å². The third-order valence-corrected chi connectivity index (χ3v) is 5.23. The van der Waals surface area contributed by atoms with Gasteiger partial charge in [-0.2, -0.15) is 22.0 Å². The first kappa shape index (κ1) is 24.1. The summed E-state index contributed by atoms with van der Waals surface area (Å²) in [5.74, 6) is -10.2. The van der Waals surface area contributed by atoms with Gasteiger partial charge in [-0.05, 0) is 24.1 Å². The average molecular weight is 471 g/mol. The maximum absolute atomic E-state index is 14.1. The summed E-state index contributed by atoms with van der Waals surface area (Å²) in [6, 6.07) is 9.85. The number of nitrogens with zero attached hydrogens (tertiary/aromatic N) is 1. The number of amides is 3. The zero-order chi connectivity index (χ0) is 24.8. The number of fused-ring (bicyclic) bond motifs is 3. The highest BCUT2D eigenvalue weighted by Crippen LogP contribution is 2.43. The molecule has 0 bridgehead atoms. The van der Waals surface area contributed by atoms with E-state index in [1.165, 1.54) is 24.3 Å². The second kappa shape index (κ2) is 8.10. The molecule has 0 aromatic heterocycles. The fourth-order valence-electron chi connectivity index (χ4n) is 3.43. The van der Waals surface area contributed by atoms with Gasteiger partial charge in [-0.25, -0.2) is 0 Å². The Kier molecular flexibility index (Phi) is 5.92. The topological polar surface area (TPSA) is 113 Å². The fourth-order valence-corrected chi connectivity index (χ4v) is 3.43. The van der Waals surface area contributed by atoms with Gasteiger partial charge < -0.3 is 21.1 Å². The molecule has 0 saturated heterocycles. The summed E-state index contributed by atoms with van der Waals surface area (Å²) in [6.07, 6.45) is -6.09. The van der Waals surface area contributed by atoms with Gasteiger partial charge in [0.25, 0.3) is 17.7 Å².